The van der Waals surface area contributed by atoms with Crippen LogP contribution in [0.5, 0.6) is 0 Å². The van der Waals surface area contributed by atoms with Gasteiger partial charge in [-0.05, 0) is 19.1 Å². The van der Waals surface area contributed by atoms with Crippen molar-refractivity contribution in [3.63, 3.8) is 0 Å². The second-order valence-electron chi connectivity index (χ2n) is 4.61. The lowest BCUT2D eigenvalue weighted by Crippen LogP contribution is -2.03. The molecule has 0 unspecified atom stereocenters. The van der Waals surface area contributed by atoms with Crippen molar-refractivity contribution < 1.29 is 9.21 Å². The van der Waals surface area contributed by atoms with Crippen LogP contribution in [0.15, 0.2) is 41.0 Å². The highest BCUT2D eigenvalue weighted by Crippen LogP contribution is 2.26. The lowest BCUT2D eigenvalue weighted by molar-refractivity contribution is 0.103. The number of ketones is 1. The number of aromatic nitrogens is 1. The van der Waals surface area contributed by atoms with Gasteiger partial charge < -0.3 is 9.40 Å². The Labute approximate surface area is 111 Å². The van der Waals surface area contributed by atoms with Crippen LogP contribution in [0.25, 0.3) is 10.9 Å². The molecular formula is C16H15NO2. The van der Waals surface area contributed by atoms with Crippen molar-refractivity contribution in [1.29, 1.82) is 0 Å². The van der Waals surface area contributed by atoms with E-state index < -0.39 is 0 Å². The van der Waals surface area contributed by atoms with Crippen LogP contribution in [0.2, 0.25) is 0 Å². The molecule has 0 spiro atoms. The summed E-state index contributed by atoms with van der Waals surface area (Å²) in [5, 5.41) is 0.966. The molecule has 0 saturated heterocycles. The van der Waals surface area contributed by atoms with Crippen molar-refractivity contribution in [2.75, 3.05) is 0 Å². The first-order valence-corrected chi connectivity index (χ1v) is 6.40. The molecule has 0 radical (unpaired) electrons. The number of hydrogen-bond donors (Lipinski definition) is 1. The normalized spacial score (nSPS) is 11.1. The molecule has 1 aromatic carbocycles. The Morgan fingerprint density at radius 2 is 2.05 bits per heavy atom. The minimum atomic E-state index is 0.0283. The molecule has 3 nitrogen and oxygen atoms in total. The maximum Gasteiger partial charge on any atom is 0.198 e. The molecule has 0 aliphatic rings. The Hall–Kier alpha value is -2.29. The zero-order chi connectivity index (χ0) is 13.4. The predicted octanol–water partition coefficient (Wildman–Crippen LogP) is 3.86. The second-order valence-corrected chi connectivity index (χ2v) is 4.61. The van der Waals surface area contributed by atoms with Gasteiger partial charge in [-0.1, -0.05) is 25.1 Å². The zero-order valence-electron chi connectivity index (χ0n) is 11.0. The molecular weight excluding hydrogens is 238 g/mol. The monoisotopic (exact) mass is 253 g/mol. The van der Waals surface area contributed by atoms with Crippen molar-refractivity contribution in [2.45, 2.75) is 20.3 Å². The van der Waals surface area contributed by atoms with E-state index >= 15 is 0 Å². The summed E-state index contributed by atoms with van der Waals surface area (Å²) in [4.78, 5) is 16.0. The molecule has 3 rings (SSSR count). The van der Waals surface area contributed by atoms with E-state index in [1.807, 2.05) is 38.1 Å². The van der Waals surface area contributed by atoms with Gasteiger partial charge in [-0.15, -0.1) is 0 Å². The van der Waals surface area contributed by atoms with Crippen LogP contribution in [0.1, 0.15) is 34.3 Å². The maximum atomic E-state index is 12.7. The van der Waals surface area contributed by atoms with E-state index in [-0.39, 0.29) is 5.78 Å². The highest BCUT2D eigenvalue weighted by molar-refractivity contribution is 6.17. The van der Waals surface area contributed by atoms with E-state index in [2.05, 4.69) is 4.98 Å². The van der Waals surface area contributed by atoms with Gasteiger partial charge in [-0.3, -0.25) is 4.79 Å². The minimum absolute atomic E-state index is 0.0283. The zero-order valence-corrected chi connectivity index (χ0v) is 11.0. The third-order valence-electron chi connectivity index (χ3n) is 3.43. The molecule has 2 heterocycles. The molecule has 0 aliphatic heterocycles. The Balaban J connectivity index is 2.19. The molecule has 0 fully saturated rings. The van der Waals surface area contributed by atoms with Gasteiger partial charge >= 0.3 is 0 Å². The lowest BCUT2D eigenvalue weighted by Gasteiger charge is -2.01. The van der Waals surface area contributed by atoms with Crippen molar-refractivity contribution in [3.05, 3.63) is 59.2 Å². The number of aryl methyl sites for hydroxylation is 2. The quantitative estimate of drug-likeness (QED) is 0.720. The number of benzene rings is 1. The molecule has 2 aromatic heterocycles. The van der Waals surface area contributed by atoms with E-state index in [1.54, 1.807) is 12.3 Å². The van der Waals surface area contributed by atoms with Gasteiger partial charge in [-0.2, -0.15) is 0 Å². The Bertz CT molecular complexity index is 749. The van der Waals surface area contributed by atoms with Crippen LogP contribution in [0.4, 0.5) is 0 Å². The fourth-order valence-corrected chi connectivity index (χ4v) is 2.52. The average molecular weight is 253 g/mol. The SMILES string of the molecule is CCc1occc1C(=O)c1c(C)[nH]c2ccccc12. The molecule has 96 valence electrons. The highest BCUT2D eigenvalue weighted by atomic mass is 16.3. The molecule has 3 aromatic rings. The van der Waals surface area contributed by atoms with Crippen molar-refractivity contribution >= 4 is 16.7 Å². The summed E-state index contributed by atoms with van der Waals surface area (Å²) >= 11 is 0. The van der Waals surface area contributed by atoms with E-state index in [9.17, 15) is 4.79 Å². The number of carbonyl (C=O) groups excluding carboxylic acids is 1. The summed E-state index contributed by atoms with van der Waals surface area (Å²) < 4.78 is 5.35. The fraction of sp³-hybridized carbons (Fsp3) is 0.188. The first-order valence-electron chi connectivity index (χ1n) is 6.40. The lowest BCUT2D eigenvalue weighted by atomic mass is 10.00. The van der Waals surface area contributed by atoms with E-state index in [4.69, 9.17) is 4.42 Å². The second kappa shape index (κ2) is 4.43. The number of aromatic amines is 1. The summed E-state index contributed by atoms with van der Waals surface area (Å²) in [5.74, 6) is 0.773. The third-order valence-corrected chi connectivity index (χ3v) is 3.43. The summed E-state index contributed by atoms with van der Waals surface area (Å²) in [5.41, 5.74) is 3.29. The third kappa shape index (κ3) is 1.78. The molecule has 0 amide bonds. The van der Waals surface area contributed by atoms with Gasteiger partial charge in [0.15, 0.2) is 5.78 Å². The summed E-state index contributed by atoms with van der Waals surface area (Å²) in [7, 11) is 0. The fourth-order valence-electron chi connectivity index (χ4n) is 2.52. The minimum Gasteiger partial charge on any atom is -0.469 e. The number of H-pyrrole nitrogens is 1. The molecule has 3 heteroatoms. The summed E-state index contributed by atoms with van der Waals surface area (Å²) in [6, 6.07) is 9.61. The van der Waals surface area contributed by atoms with Crippen LogP contribution < -0.4 is 0 Å². The van der Waals surface area contributed by atoms with Crippen molar-refractivity contribution in [3.8, 4) is 0 Å². The number of rotatable bonds is 3. The van der Waals surface area contributed by atoms with Gasteiger partial charge in [0.25, 0.3) is 0 Å². The number of para-hydroxylation sites is 1. The summed E-state index contributed by atoms with van der Waals surface area (Å²) in [6.07, 6.45) is 2.30. The molecule has 0 aliphatic carbocycles. The molecule has 0 saturated carbocycles. The van der Waals surface area contributed by atoms with Gasteiger partial charge in [0.05, 0.1) is 17.4 Å². The smallest absolute Gasteiger partial charge is 0.198 e. The molecule has 0 atom stereocenters. The Morgan fingerprint density at radius 1 is 1.26 bits per heavy atom. The topological polar surface area (TPSA) is 46.0 Å². The number of hydrogen-bond acceptors (Lipinski definition) is 2. The van der Waals surface area contributed by atoms with Gasteiger partial charge in [0.1, 0.15) is 5.76 Å². The van der Waals surface area contributed by atoms with Crippen LogP contribution in [-0.4, -0.2) is 10.8 Å². The average Bonchev–Trinajstić information content (AvgIpc) is 3.00. The van der Waals surface area contributed by atoms with E-state index in [0.29, 0.717) is 5.56 Å². The van der Waals surface area contributed by atoms with Crippen LogP contribution in [0.3, 0.4) is 0 Å². The first-order chi connectivity index (χ1) is 9.22. The standard InChI is InChI=1S/C16H15NO2/c1-3-14-12(8-9-19-14)16(18)15-10(2)17-13-7-5-4-6-11(13)15/h4-9,17H,3H2,1-2H3. The summed E-state index contributed by atoms with van der Waals surface area (Å²) in [6.45, 7) is 3.91. The number of fused-ring (bicyclic) bond motifs is 1. The van der Waals surface area contributed by atoms with Gasteiger partial charge in [0.2, 0.25) is 0 Å². The predicted molar refractivity (Wildman–Crippen MR) is 74.6 cm³/mol. The van der Waals surface area contributed by atoms with Crippen LogP contribution in [0, 0.1) is 6.92 Å². The van der Waals surface area contributed by atoms with Crippen molar-refractivity contribution in [1.82, 2.24) is 4.98 Å². The molecule has 19 heavy (non-hydrogen) atoms. The van der Waals surface area contributed by atoms with Gasteiger partial charge in [-0.25, -0.2) is 0 Å². The Kier molecular flexibility index (Phi) is 2.75. The number of carbonyl (C=O) groups is 1. The molecule has 0 bridgehead atoms. The van der Waals surface area contributed by atoms with Gasteiger partial charge in [0, 0.05) is 23.0 Å². The van der Waals surface area contributed by atoms with Crippen LogP contribution >= 0.6 is 0 Å². The first kappa shape index (κ1) is 11.8. The van der Waals surface area contributed by atoms with Crippen LogP contribution in [-0.2, 0) is 6.42 Å². The Morgan fingerprint density at radius 3 is 2.84 bits per heavy atom. The number of nitrogens with one attached hydrogen (secondary N) is 1. The van der Waals surface area contributed by atoms with E-state index in [1.165, 1.54) is 0 Å². The highest BCUT2D eigenvalue weighted by Gasteiger charge is 2.21. The van der Waals surface area contributed by atoms with Crippen molar-refractivity contribution in [2.24, 2.45) is 0 Å². The maximum absolute atomic E-state index is 12.7. The largest absolute Gasteiger partial charge is 0.469 e. The number of furan rings is 1. The van der Waals surface area contributed by atoms with E-state index in [0.717, 1.165) is 34.3 Å². The molecule has 1 N–H and O–H groups in total.